The molecule has 1 N–H and O–H groups in total. The molecule has 0 spiro atoms. The largest absolute Gasteiger partial charge is 0.349 e. The average Bonchev–Trinajstić information content (AvgIpc) is 2.70. The zero-order chi connectivity index (χ0) is 18.6. The fraction of sp³-hybridized carbons (Fsp3) is 0.273. The Morgan fingerprint density at radius 3 is 2.59 bits per heavy atom. The Bertz CT molecular complexity index is 969. The lowest BCUT2D eigenvalue weighted by atomic mass is 9.95. The number of carbonyl (C=O) groups is 1. The maximum Gasteiger partial charge on any atom is 0.252 e. The predicted molar refractivity (Wildman–Crippen MR) is 112 cm³/mol. The first kappa shape index (κ1) is 18.3. The molecule has 3 aromatic rings. The molecule has 1 aliphatic carbocycles. The van der Waals surface area contributed by atoms with E-state index in [4.69, 9.17) is 16.6 Å². The van der Waals surface area contributed by atoms with Gasteiger partial charge < -0.3 is 5.32 Å². The first-order chi connectivity index (χ1) is 13.2. The van der Waals surface area contributed by atoms with Gasteiger partial charge in [-0.1, -0.05) is 73.0 Å². The van der Waals surface area contributed by atoms with E-state index in [1.807, 2.05) is 54.6 Å². The highest BCUT2D eigenvalue weighted by Crippen LogP contribution is 2.34. The molecule has 1 heterocycles. The zero-order valence-electron chi connectivity index (χ0n) is 15.0. The normalized spacial score (nSPS) is 15.0. The zero-order valence-corrected chi connectivity index (χ0v) is 16.5. The molecule has 1 aliphatic rings. The Hall–Kier alpha value is -2.04. The van der Waals surface area contributed by atoms with Crippen molar-refractivity contribution in [1.29, 1.82) is 0 Å². The third-order valence-corrected chi connectivity index (χ3v) is 6.36. The molecular weight excluding hydrogens is 376 g/mol. The standard InChI is InChI=1S/C22H21ClN2OS/c23-18-11-5-7-13-20(18)27-21-14-17(16-10-4-6-12-19(16)25-21)22(26)24-15-8-2-1-3-9-15/h4-7,10-15H,1-3,8-9H2,(H,24,26). The van der Waals surface area contributed by atoms with Gasteiger partial charge in [0.05, 0.1) is 16.1 Å². The van der Waals surface area contributed by atoms with Gasteiger partial charge in [-0.05, 0) is 37.1 Å². The lowest BCUT2D eigenvalue weighted by Gasteiger charge is -2.23. The lowest BCUT2D eigenvalue weighted by molar-refractivity contribution is 0.0929. The van der Waals surface area contributed by atoms with Gasteiger partial charge in [-0.2, -0.15) is 0 Å². The van der Waals surface area contributed by atoms with Gasteiger partial charge in [0.1, 0.15) is 5.03 Å². The fourth-order valence-electron chi connectivity index (χ4n) is 3.54. The molecule has 27 heavy (non-hydrogen) atoms. The van der Waals surface area contributed by atoms with E-state index in [0.717, 1.165) is 33.7 Å². The molecule has 0 bridgehead atoms. The molecule has 1 aromatic heterocycles. The quantitative estimate of drug-likeness (QED) is 0.579. The number of hydrogen-bond acceptors (Lipinski definition) is 3. The Kier molecular flexibility index (Phi) is 5.65. The first-order valence-electron chi connectivity index (χ1n) is 9.34. The number of rotatable bonds is 4. The SMILES string of the molecule is O=C(NC1CCCCC1)c1cc(Sc2ccccc2Cl)nc2ccccc12. The van der Waals surface area contributed by atoms with Crippen molar-refractivity contribution in [3.63, 3.8) is 0 Å². The predicted octanol–water partition coefficient (Wildman–Crippen LogP) is 6.10. The third-order valence-electron chi connectivity index (χ3n) is 4.93. The summed E-state index contributed by atoms with van der Waals surface area (Å²) in [4.78, 5) is 18.7. The molecular formula is C22H21ClN2OS. The van der Waals surface area contributed by atoms with Crippen molar-refractivity contribution in [2.75, 3.05) is 0 Å². The highest BCUT2D eigenvalue weighted by Gasteiger charge is 2.19. The summed E-state index contributed by atoms with van der Waals surface area (Å²) in [5.41, 5.74) is 1.50. The number of fused-ring (bicyclic) bond motifs is 1. The second kappa shape index (κ2) is 8.32. The van der Waals surface area contributed by atoms with Crippen molar-refractivity contribution >= 4 is 40.2 Å². The van der Waals surface area contributed by atoms with E-state index in [-0.39, 0.29) is 11.9 Å². The van der Waals surface area contributed by atoms with Gasteiger partial charge in [-0.15, -0.1) is 0 Å². The van der Waals surface area contributed by atoms with Crippen molar-refractivity contribution < 1.29 is 4.79 Å². The van der Waals surface area contributed by atoms with Crippen LogP contribution in [0.25, 0.3) is 10.9 Å². The number of benzene rings is 2. The number of nitrogens with zero attached hydrogens (tertiary/aromatic N) is 1. The van der Waals surface area contributed by atoms with Crippen LogP contribution in [0.3, 0.4) is 0 Å². The van der Waals surface area contributed by atoms with E-state index < -0.39 is 0 Å². The van der Waals surface area contributed by atoms with E-state index in [2.05, 4.69) is 5.32 Å². The molecule has 1 fully saturated rings. The second-order valence-corrected chi connectivity index (χ2v) is 8.34. The second-order valence-electron chi connectivity index (χ2n) is 6.87. The molecule has 2 aromatic carbocycles. The molecule has 0 saturated heterocycles. The minimum absolute atomic E-state index is 0.0125. The highest BCUT2D eigenvalue weighted by molar-refractivity contribution is 7.99. The van der Waals surface area contributed by atoms with Crippen LogP contribution in [0.4, 0.5) is 0 Å². The van der Waals surface area contributed by atoms with Crippen molar-refractivity contribution in [1.82, 2.24) is 10.3 Å². The Morgan fingerprint density at radius 2 is 1.78 bits per heavy atom. The molecule has 4 rings (SSSR count). The number of halogens is 1. The van der Waals surface area contributed by atoms with Gasteiger partial charge in [0.25, 0.3) is 5.91 Å². The smallest absolute Gasteiger partial charge is 0.252 e. The van der Waals surface area contributed by atoms with Crippen LogP contribution in [-0.2, 0) is 0 Å². The van der Waals surface area contributed by atoms with Crippen molar-refractivity contribution in [3.8, 4) is 0 Å². The summed E-state index contributed by atoms with van der Waals surface area (Å²) in [6.45, 7) is 0. The maximum absolute atomic E-state index is 13.0. The molecule has 1 amide bonds. The summed E-state index contributed by atoms with van der Waals surface area (Å²) < 4.78 is 0. The molecule has 0 atom stereocenters. The number of aromatic nitrogens is 1. The highest BCUT2D eigenvalue weighted by atomic mass is 35.5. The van der Waals surface area contributed by atoms with Crippen LogP contribution in [0.15, 0.2) is 64.5 Å². The minimum atomic E-state index is -0.0125. The molecule has 0 aliphatic heterocycles. The van der Waals surface area contributed by atoms with Gasteiger partial charge in [-0.25, -0.2) is 4.98 Å². The first-order valence-corrected chi connectivity index (χ1v) is 10.5. The molecule has 1 saturated carbocycles. The Morgan fingerprint density at radius 1 is 1.04 bits per heavy atom. The summed E-state index contributed by atoms with van der Waals surface area (Å²) in [7, 11) is 0. The summed E-state index contributed by atoms with van der Waals surface area (Å²) in [6, 6.07) is 17.6. The monoisotopic (exact) mass is 396 g/mol. The molecule has 3 nitrogen and oxygen atoms in total. The topological polar surface area (TPSA) is 42.0 Å². The van der Waals surface area contributed by atoms with E-state index in [9.17, 15) is 4.79 Å². The molecule has 138 valence electrons. The van der Waals surface area contributed by atoms with Crippen LogP contribution >= 0.6 is 23.4 Å². The maximum atomic E-state index is 13.0. The van der Waals surface area contributed by atoms with E-state index in [1.54, 1.807) is 0 Å². The number of pyridine rings is 1. The van der Waals surface area contributed by atoms with Crippen LogP contribution in [-0.4, -0.2) is 16.9 Å². The molecule has 5 heteroatoms. The number of para-hydroxylation sites is 1. The Balaban J connectivity index is 1.68. The van der Waals surface area contributed by atoms with E-state index >= 15 is 0 Å². The number of hydrogen-bond donors (Lipinski definition) is 1. The van der Waals surface area contributed by atoms with Crippen LogP contribution in [0.1, 0.15) is 42.5 Å². The summed E-state index contributed by atoms with van der Waals surface area (Å²) in [6.07, 6.45) is 5.78. The number of nitrogens with one attached hydrogen (secondary N) is 1. The average molecular weight is 397 g/mol. The van der Waals surface area contributed by atoms with Gasteiger partial charge in [0, 0.05) is 16.3 Å². The Labute approximate surface area is 168 Å². The van der Waals surface area contributed by atoms with Gasteiger partial charge in [0.15, 0.2) is 0 Å². The van der Waals surface area contributed by atoms with E-state index in [1.165, 1.54) is 31.0 Å². The number of amides is 1. The van der Waals surface area contributed by atoms with Gasteiger partial charge >= 0.3 is 0 Å². The van der Waals surface area contributed by atoms with E-state index in [0.29, 0.717) is 10.6 Å². The van der Waals surface area contributed by atoms with Crippen molar-refractivity contribution in [3.05, 3.63) is 65.2 Å². The fourth-order valence-corrected chi connectivity index (χ4v) is 4.65. The third kappa shape index (κ3) is 4.28. The molecule has 0 radical (unpaired) electrons. The van der Waals surface area contributed by atoms with Gasteiger partial charge in [-0.3, -0.25) is 4.79 Å². The lowest BCUT2D eigenvalue weighted by Crippen LogP contribution is -2.36. The molecule has 0 unspecified atom stereocenters. The van der Waals surface area contributed by atoms with Crippen LogP contribution in [0.2, 0.25) is 5.02 Å². The van der Waals surface area contributed by atoms with Crippen LogP contribution in [0.5, 0.6) is 0 Å². The minimum Gasteiger partial charge on any atom is -0.349 e. The summed E-state index contributed by atoms with van der Waals surface area (Å²) in [5, 5.41) is 5.57. The number of carbonyl (C=O) groups excluding carboxylic acids is 1. The van der Waals surface area contributed by atoms with Crippen molar-refractivity contribution in [2.45, 2.75) is 48.1 Å². The van der Waals surface area contributed by atoms with Gasteiger partial charge in [0.2, 0.25) is 0 Å². The summed E-state index contributed by atoms with van der Waals surface area (Å²) in [5.74, 6) is -0.0125. The van der Waals surface area contributed by atoms with Crippen LogP contribution < -0.4 is 5.32 Å². The van der Waals surface area contributed by atoms with Crippen LogP contribution in [0, 0.1) is 0 Å². The van der Waals surface area contributed by atoms with Crippen molar-refractivity contribution in [2.24, 2.45) is 0 Å². The summed E-state index contributed by atoms with van der Waals surface area (Å²) >= 11 is 7.78.